The Kier molecular flexibility index (Phi) is 8.74. The Morgan fingerprint density at radius 2 is 2.23 bits per heavy atom. The van der Waals surface area contributed by atoms with Crippen LogP contribution in [0.3, 0.4) is 0 Å². The number of hydrogen-bond acceptors (Lipinski definition) is 3. The van der Waals surface area contributed by atoms with E-state index in [9.17, 15) is 0 Å². The Morgan fingerprint density at radius 3 is 2.86 bits per heavy atom. The summed E-state index contributed by atoms with van der Waals surface area (Å²) in [5.41, 5.74) is 0. The van der Waals surface area contributed by atoms with Gasteiger partial charge in [-0.1, -0.05) is 19.8 Å². The molecule has 0 bridgehead atoms. The number of nitrogens with zero attached hydrogens (tertiary/aromatic N) is 4. The van der Waals surface area contributed by atoms with Gasteiger partial charge in [0.15, 0.2) is 5.96 Å². The molecule has 22 heavy (non-hydrogen) atoms. The van der Waals surface area contributed by atoms with E-state index in [2.05, 4.69) is 39.6 Å². The number of guanidine groups is 1. The molecule has 1 saturated carbocycles. The van der Waals surface area contributed by atoms with Gasteiger partial charge in [-0.2, -0.15) is 5.10 Å². The number of aliphatic imine (C=N–C) groups is 1. The molecule has 126 valence electrons. The van der Waals surface area contributed by atoms with Crippen LogP contribution in [-0.2, 0) is 13.6 Å². The molecular formula is C15H29IN6. The third kappa shape index (κ3) is 6.10. The van der Waals surface area contributed by atoms with Crippen molar-refractivity contribution < 1.29 is 0 Å². The Bertz CT molecular complexity index is 459. The average Bonchev–Trinajstić information content (AvgIpc) is 2.87. The van der Waals surface area contributed by atoms with Crippen LogP contribution in [0.4, 0.5) is 0 Å². The molecule has 1 aliphatic rings. The summed E-state index contributed by atoms with van der Waals surface area (Å²) in [6.45, 7) is 6.87. The smallest absolute Gasteiger partial charge is 0.191 e. The normalized spacial score (nSPS) is 22.0. The molecular weight excluding hydrogens is 391 g/mol. The largest absolute Gasteiger partial charge is 0.357 e. The van der Waals surface area contributed by atoms with E-state index in [-0.39, 0.29) is 24.0 Å². The molecule has 2 atom stereocenters. The maximum Gasteiger partial charge on any atom is 0.191 e. The SMILES string of the molecule is CCNC(=NCc1ncnn1C)NCC1CCCC(C)C1.I. The fourth-order valence-electron chi connectivity index (χ4n) is 2.94. The third-order valence-electron chi connectivity index (χ3n) is 4.13. The van der Waals surface area contributed by atoms with Crippen molar-refractivity contribution in [3.63, 3.8) is 0 Å². The summed E-state index contributed by atoms with van der Waals surface area (Å²) in [4.78, 5) is 8.79. The molecule has 0 aliphatic heterocycles. The average molecular weight is 420 g/mol. The van der Waals surface area contributed by atoms with Gasteiger partial charge in [0.05, 0.1) is 0 Å². The second kappa shape index (κ2) is 10.0. The van der Waals surface area contributed by atoms with Crippen molar-refractivity contribution in [2.24, 2.45) is 23.9 Å². The first-order chi connectivity index (χ1) is 10.2. The lowest BCUT2D eigenvalue weighted by molar-refractivity contribution is 0.282. The van der Waals surface area contributed by atoms with E-state index < -0.39 is 0 Å². The van der Waals surface area contributed by atoms with Gasteiger partial charge in [-0.05, 0) is 31.6 Å². The topological polar surface area (TPSA) is 67.1 Å². The van der Waals surface area contributed by atoms with Crippen molar-refractivity contribution in [1.82, 2.24) is 25.4 Å². The van der Waals surface area contributed by atoms with Crippen LogP contribution in [0.15, 0.2) is 11.3 Å². The summed E-state index contributed by atoms with van der Waals surface area (Å²) < 4.78 is 1.76. The number of aromatic nitrogens is 3. The van der Waals surface area contributed by atoms with Crippen molar-refractivity contribution in [2.75, 3.05) is 13.1 Å². The van der Waals surface area contributed by atoms with Gasteiger partial charge < -0.3 is 10.6 Å². The third-order valence-corrected chi connectivity index (χ3v) is 4.13. The van der Waals surface area contributed by atoms with E-state index in [1.807, 2.05) is 7.05 Å². The van der Waals surface area contributed by atoms with Crippen LogP contribution in [0.1, 0.15) is 45.4 Å². The molecule has 2 rings (SSSR count). The van der Waals surface area contributed by atoms with Crippen LogP contribution in [0, 0.1) is 11.8 Å². The molecule has 0 aromatic carbocycles. The maximum absolute atomic E-state index is 4.59. The zero-order valence-electron chi connectivity index (χ0n) is 13.9. The van der Waals surface area contributed by atoms with Crippen molar-refractivity contribution in [2.45, 2.75) is 46.1 Å². The minimum absolute atomic E-state index is 0. The van der Waals surface area contributed by atoms with E-state index in [4.69, 9.17) is 0 Å². The Hall–Kier alpha value is -0.860. The minimum Gasteiger partial charge on any atom is -0.357 e. The van der Waals surface area contributed by atoms with Gasteiger partial charge in [0.1, 0.15) is 18.7 Å². The van der Waals surface area contributed by atoms with Gasteiger partial charge in [0, 0.05) is 20.1 Å². The second-order valence-corrected chi connectivity index (χ2v) is 6.01. The first-order valence-electron chi connectivity index (χ1n) is 8.04. The van der Waals surface area contributed by atoms with E-state index in [0.29, 0.717) is 6.54 Å². The molecule has 1 aliphatic carbocycles. The first kappa shape index (κ1) is 19.2. The summed E-state index contributed by atoms with van der Waals surface area (Å²) in [5.74, 6) is 3.38. The van der Waals surface area contributed by atoms with Gasteiger partial charge in [0.2, 0.25) is 0 Å². The zero-order valence-corrected chi connectivity index (χ0v) is 16.2. The molecule has 0 amide bonds. The second-order valence-electron chi connectivity index (χ2n) is 6.01. The van der Waals surface area contributed by atoms with E-state index in [1.54, 1.807) is 11.0 Å². The minimum atomic E-state index is 0. The molecule has 7 heteroatoms. The monoisotopic (exact) mass is 420 g/mol. The van der Waals surface area contributed by atoms with Crippen LogP contribution < -0.4 is 10.6 Å². The number of hydrogen-bond donors (Lipinski definition) is 2. The number of halogens is 1. The highest BCUT2D eigenvalue weighted by molar-refractivity contribution is 14.0. The highest BCUT2D eigenvalue weighted by atomic mass is 127. The van der Waals surface area contributed by atoms with E-state index >= 15 is 0 Å². The molecule has 0 saturated heterocycles. The van der Waals surface area contributed by atoms with Gasteiger partial charge >= 0.3 is 0 Å². The van der Waals surface area contributed by atoms with Gasteiger partial charge in [-0.3, -0.25) is 4.68 Å². The van der Waals surface area contributed by atoms with E-state index in [0.717, 1.165) is 36.7 Å². The van der Waals surface area contributed by atoms with Crippen LogP contribution >= 0.6 is 24.0 Å². The lowest BCUT2D eigenvalue weighted by Crippen LogP contribution is -2.40. The standard InChI is InChI=1S/C15H28N6.HI/c1-4-16-15(18-10-14-19-11-20-21(14)3)17-9-13-7-5-6-12(2)8-13;/h11-13H,4-10H2,1-3H3,(H2,16,17,18);1H. The molecule has 0 spiro atoms. The highest BCUT2D eigenvalue weighted by Crippen LogP contribution is 2.27. The summed E-state index contributed by atoms with van der Waals surface area (Å²) in [6.07, 6.45) is 6.97. The Balaban J connectivity index is 0.00000242. The molecule has 1 aromatic heterocycles. The first-order valence-corrected chi connectivity index (χ1v) is 8.04. The molecule has 2 N–H and O–H groups in total. The fraction of sp³-hybridized carbons (Fsp3) is 0.800. The van der Waals surface area contributed by atoms with Gasteiger partial charge in [0.25, 0.3) is 0 Å². The van der Waals surface area contributed by atoms with Gasteiger partial charge in [-0.15, -0.1) is 24.0 Å². The van der Waals surface area contributed by atoms with Crippen LogP contribution in [0.25, 0.3) is 0 Å². The number of aryl methyl sites for hydroxylation is 1. The predicted octanol–water partition coefficient (Wildman–Crippen LogP) is 2.31. The molecule has 2 unspecified atom stereocenters. The fourth-order valence-corrected chi connectivity index (χ4v) is 2.94. The quantitative estimate of drug-likeness (QED) is 0.436. The summed E-state index contributed by atoms with van der Waals surface area (Å²) in [5, 5.41) is 10.8. The summed E-state index contributed by atoms with van der Waals surface area (Å²) >= 11 is 0. The van der Waals surface area contributed by atoms with Crippen molar-refractivity contribution in [3.8, 4) is 0 Å². The Morgan fingerprint density at radius 1 is 1.41 bits per heavy atom. The van der Waals surface area contributed by atoms with Gasteiger partial charge in [-0.25, -0.2) is 9.98 Å². The lowest BCUT2D eigenvalue weighted by Gasteiger charge is -2.27. The van der Waals surface area contributed by atoms with Crippen molar-refractivity contribution in [3.05, 3.63) is 12.2 Å². The zero-order chi connectivity index (χ0) is 15.1. The predicted molar refractivity (Wildman–Crippen MR) is 100 cm³/mol. The van der Waals surface area contributed by atoms with Crippen LogP contribution in [0.5, 0.6) is 0 Å². The maximum atomic E-state index is 4.59. The van der Waals surface area contributed by atoms with Crippen LogP contribution in [-0.4, -0.2) is 33.8 Å². The molecule has 1 heterocycles. The molecule has 6 nitrogen and oxygen atoms in total. The lowest BCUT2D eigenvalue weighted by atomic mass is 9.82. The molecule has 1 aromatic rings. The summed E-state index contributed by atoms with van der Waals surface area (Å²) in [6, 6.07) is 0. The summed E-state index contributed by atoms with van der Waals surface area (Å²) in [7, 11) is 1.89. The number of nitrogens with one attached hydrogen (secondary N) is 2. The van der Waals surface area contributed by atoms with Crippen molar-refractivity contribution >= 4 is 29.9 Å². The Labute approximate surface area is 150 Å². The van der Waals surface area contributed by atoms with Crippen molar-refractivity contribution in [1.29, 1.82) is 0 Å². The van der Waals surface area contributed by atoms with Crippen LogP contribution in [0.2, 0.25) is 0 Å². The molecule has 1 fully saturated rings. The van der Waals surface area contributed by atoms with E-state index in [1.165, 1.54) is 25.7 Å². The highest BCUT2D eigenvalue weighted by Gasteiger charge is 2.18. The number of rotatable bonds is 5. The molecule has 0 radical (unpaired) electrons.